The van der Waals surface area contributed by atoms with Crippen LogP contribution in [0.5, 0.6) is 0 Å². The van der Waals surface area contributed by atoms with Gasteiger partial charge in [-0.25, -0.2) is 0 Å². The summed E-state index contributed by atoms with van der Waals surface area (Å²) in [5.74, 6) is 0. The van der Waals surface area contributed by atoms with Crippen LogP contribution in [0.1, 0.15) is 27.2 Å². The van der Waals surface area contributed by atoms with Gasteiger partial charge >= 0.3 is 0 Å². The van der Waals surface area contributed by atoms with Gasteiger partial charge in [0.15, 0.2) is 0 Å². The first-order valence-electron chi connectivity index (χ1n) is 4.66. The maximum absolute atomic E-state index is 3.54. The highest BCUT2D eigenvalue weighted by Gasteiger charge is 2.46. The molecule has 3 atom stereocenters. The molecule has 1 N–H and O–H groups in total. The third kappa shape index (κ3) is 2.17. The zero-order valence-corrected chi connectivity index (χ0v) is 8.22. The van der Waals surface area contributed by atoms with Crippen molar-refractivity contribution >= 4 is 0 Å². The molecule has 0 amide bonds. The van der Waals surface area contributed by atoms with Crippen molar-refractivity contribution in [1.82, 2.24) is 5.32 Å². The summed E-state index contributed by atoms with van der Waals surface area (Å²) in [7, 11) is 2.32. The Morgan fingerprint density at radius 3 is 2.55 bits per heavy atom. The van der Waals surface area contributed by atoms with E-state index < -0.39 is 0 Å². The van der Waals surface area contributed by atoms with Gasteiger partial charge in [-0.05, 0) is 20.3 Å². The lowest BCUT2D eigenvalue weighted by Gasteiger charge is -2.17. The summed E-state index contributed by atoms with van der Waals surface area (Å²) < 4.78 is 1.23. The van der Waals surface area contributed by atoms with Crippen molar-refractivity contribution < 1.29 is 4.48 Å². The standard InChI is InChI=1S/C9H21N2/c1-5-8(2)10-7-11(4)6-9(11)3/h8-10H,5-7H2,1-4H3/q+1. The van der Waals surface area contributed by atoms with E-state index in [0.29, 0.717) is 6.04 Å². The van der Waals surface area contributed by atoms with Gasteiger partial charge in [0, 0.05) is 6.04 Å². The minimum atomic E-state index is 0.678. The molecule has 2 heteroatoms. The minimum Gasteiger partial charge on any atom is -0.302 e. The maximum atomic E-state index is 3.54. The van der Waals surface area contributed by atoms with E-state index in [1.807, 2.05) is 0 Å². The van der Waals surface area contributed by atoms with Crippen LogP contribution in [-0.2, 0) is 0 Å². The molecule has 66 valence electrons. The van der Waals surface area contributed by atoms with E-state index in [0.717, 1.165) is 12.7 Å². The molecule has 0 bridgehead atoms. The van der Waals surface area contributed by atoms with Crippen molar-refractivity contribution in [3.63, 3.8) is 0 Å². The fourth-order valence-corrected chi connectivity index (χ4v) is 1.29. The molecule has 0 saturated carbocycles. The number of nitrogens with zero attached hydrogens (tertiary/aromatic N) is 1. The predicted octanol–water partition coefficient (Wildman–Crippen LogP) is 1.18. The van der Waals surface area contributed by atoms with E-state index >= 15 is 0 Å². The highest BCUT2D eigenvalue weighted by atomic mass is 15.5. The molecule has 0 aromatic heterocycles. The number of hydrogen-bond donors (Lipinski definition) is 1. The summed E-state index contributed by atoms with van der Waals surface area (Å²) in [6, 6.07) is 1.56. The van der Waals surface area contributed by atoms with Crippen LogP contribution in [0.15, 0.2) is 0 Å². The third-order valence-corrected chi connectivity index (χ3v) is 3.03. The second-order valence-electron chi connectivity index (χ2n) is 4.18. The predicted molar refractivity (Wildman–Crippen MR) is 48.3 cm³/mol. The van der Waals surface area contributed by atoms with Gasteiger partial charge in [0.1, 0.15) is 19.3 Å². The second kappa shape index (κ2) is 3.11. The average molecular weight is 157 g/mol. The lowest BCUT2D eigenvalue weighted by atomic mass is 10.3. The van der Waals surface area contributed by atoms with Crippen LogP contribution in [0, 0.1) is 0 Å². The Morgan fingerprint density at radius 2 is 2.18 bits per heavy atom. The lowest BCUT2D eigenvalue weighted by molar-refractivity contribution is -0.794. The quantitative estimate of drug-likeness (QED) is 0.477. The largest absolute Gasteiger partial charge is 0.302 e. The van der Waals surface area contributed by atoms with Crippen LogP contribution in [0.3, 0.4) is 0 Å². The van der Waals surface area contributed by atoms with Gasteiger partial charge in [0.05, 0.1) is 7.05 Å². The molecule has 1 aliphatic heterocycles. The van der Waals surface area contributed by atoms with Gasteiger partial charge in [-0.1, -0.05) is 6.92 Å². The number of quaternary nitrogens is 1. The molecule has 0 radical (unpaired) electrons. The second-order valence-corrected chi connectivity index (χ2v) is 4.18. The molecule has 0 spiro atoms. The number of nitrogens with one attached hydrogen (secondary N) is 1. The van der Waals surface area contributed by atoms with E-state index in [1.165, 1.54) is 17.4 Å². The van der Waals surface area contributed by atoms with Crippen molar-refractivity contribution in [1.29, 1.82) is 0 Å². The SMILES string of the molecule is CCC(C)NC[N+]1(C)CC1C. The molecule has 1 saturated heterocycles. The number of likely N-dealkylation sites (N-methyl/N-ethyl adjacent to an activating group) is 1. The summed E-state index contributed by atoms with van der Waals surface area (Å²) in [5, 5.41) is 3.54. The van der Waals surface area contributed by atoms with E-state index in [4.69, 9.17) is 0 Å². The topological polar surface area (TPSA) is 12.0 Å². The maximum Gasteiger partial charge on any atom is 0.137 e. The Balaban J connectivity index is 2.13. The molecule has 1 fully saturated rings. The van der Waals surface area contributed by atoms with Gasteiger partial charge in [0.2, 0.25) is 0 Å². The molecule has 11 heavy (non-hydrogen) atoms. The van der Waals surface area contributed by atoms with Crippen molar-refractivity contribution in [2.24, 2.45) is 0 Å². The van der Waals surface area contributed by atoms with Crippen molar-refractivity contribution in [2.75, 3.05) is 20.3 Å². The highest BCUT2D eigenvalue weighted by Crippen LogP contribution is 2.25. The van der Waals surface area contributed by atoms with Crippen LogP contribution in [0.25, 0.3) is 0 Å². The van der Waals surface area contributed by atoms with Crippen LogP contribution < -0.4 is 5.32 Å². The smallest absolute Gasteiger partial charge is 0.137 e. The summed E-state index contributed by atoms with van der Waals surface area (Å²) in [4.78, 5) is 0. The van der Waals surface area contributed by atoms with Crippen LogP contribution >= 0.6 is 0 Å². The Bertz CT molecular complexity index is 136. The molecule has 1 heterocycles. The van der Waals surface area contributed by atoms with E-state index in [9.17, 15) is 0 Å². The third-order valence-electron chi connectivity index (χ3n) is 3.03. The minimum absolute atomic E-state index is 0.678. The molecule has 0 aromatic carbocycles. The summed E-state index contributed by atoms with van der Waals surface area (Å²) in [6.45, 7) is 9.29. The molecular weight excluding hydrogens is 136 g/mol. The molecule has 2 nitrogen and oxygen atoms in total. The Hall–Kier alpha value is -0.0800. The first kappa shape index (κ1) is 9.01. The molecule has 1 aliphatic rings. The van der Waals surface area contributed by atoms with Crippen molar-refractivity contribution in [3.8, 4) is 0 Å². The van der Waals surface area contributed by atoms with Gasteiger partial charge in [0.25, 0.3) is 0 Å². The monoisotopic (exact) mass is 157 g/mol. The Kier molecular flexibility index (Phi) is 2.55. The van der Waals surface area contributed by atoms with E-state index in [2.05, 4.69) is 33.1 Å². The fourth-order valence-electron chi connectivity index (χ4n) is 1.29. The van der Waals surface area contributed by atoms with E-state index in [-0.39, 0.29) is 0 Å². The van der Waals surface area contributed by atoms with Gasteiger partial charge in [-0.3, -0.25) is 5.32 Å². The molecule has 0 aliphatic carbocycles. The Morgan fingerprint density at radius 1 is 1.64 bits per heavy atom. The molecular formula is C9H21N2+. The summed E-state index contributed by atoms with van der Waals surface area (Å²) in [5.41, 5.74) is 0. The number of hydrogen-bond acceptors (Lipinski definition) is 1. The Labute approximate surface area is 70.2 Å². The average Bonchev–Trinajstić information content (AvgIpc) is 2.56. The van der Waals surface area contributed by atoms with Crippen LogP contribution in [-0.4, -0.2) is 36.8 Å². The zero-order valence-electron chi connectivity index (χ0n) is 8.22. The zero-order chi connectivity index (χ0) is 8.48. The molecule has 1 rings (SSSR count). The number of rotatable bonds is 4. The summed E-state index contributed by atoms with van der Waals surface area (Å²) in [6.07, 6.45) is 1.23. The van der Waals surface area contributed by atoms with Gasteiger partial charge in [-0.2, -0.15) is 0 Å². The normalized spacial score (nSPS) is 38.7. The fraction of sp³-hybridized carbons (Fsp3) is 1.00. The highest BCUT2D eigenvalue weighted by molar-refractivity contribution is 4.66. The van der Waals surface area contributed by atoms with Gasteiger partial charge in [-0.15, -0.1) is 0 Å². The van der Waals surface area contributed by atoms with Crippen LogP contribution in [0.4, 0.5) is 0 Å². The van der Waals surface area contributed by atoms with Gasteiger partial charge < -0.3 is 4.48 Å². The van der Waals surface area contributed by atoms with E-state index in [1.54, 1.807) is 0 Å². The van der Waals surface area contributed by atoms with Crippen molar-refractivity contribution in [3.05, 3.63) is 0 Å². The first-order valence-corrected chi connectivity index (χ1v) is 4.66. The summed E-state index contributed by atoms with van der Waals surface area (Å²) >= 11 is 0. The van der Waals surface area contributed by atoms with Crippen LogP contribution in [0.2, 0.25) is 0 Å². The first-order chi connectivity index (χ1) is 5.08. The molecule has 0 aromatic rings. The van der Waals surface area contributed by atoms with Crippen molar-refractivity contribution in [2.45, 2.75) is 39.3 Å². The lowest BCUT2D eigenvalue weighted by Crippen LogP contribution is -2.39. The molecule has 3 unspecified atom stereocenters.